The van der Waals surface area contributed by atoms with Crippen molar-refractivity contribution in [3.63, 3.8) is 0 Å². The number of hydrogen-bond acceptors (Lipinski definition) is 5. The van der Waals surface area contributed by atoms with Gasteiger partial charge in [-0.15, -0.1) is 0 Å². The van der Waals surface area contributed by atoms with E-state index in [2.05, 4.69) is 28.5 Å². The number of likely N-dealkylation sites (tertiary alicyclic amines) is 1. The van der Waals surface area contributed by atoms with Gasteiger partial charge in [0.25, 0.3) is 0 Å². The number of benzene rings is 1. The molecule has 0 saturated carbocycles. The van der Waals surface area contributed by atoms with E-state index < -0.39 is 0 Å². The first kappa shape index (κ1) is 17.4. The second-order valence-electron chi connectivity index (χ2n) is 6.91. The first-order chi connectivity index (χ1) is 12.7. The molecule has 6 heteroatoms. The molecule has 0 spiro atoms. The van der Waals surface area contributed by atoms with E-state index in [1.165, 1.54) is 11.1 Å². The van der Waals surface area contributed by atoms with Crippen molar-refractivity contribution in [2.45, 2.75) is 25.4 Å². The van der Waals surface area contributed by atoms with Gasteiger partial charge < -0.3 is 14.4 Å². The predicted molar refractivity (Wildman–Crippen MR) is 102 cm³/mol. The highest BCUT2D eigenvalue weighted by atomic mass is 32.1. The van der Waals surface area contributed by atoms with Gasteiger partial charge >= 0.3 is 0 Å². The van der Waals surface area contributed by atoms with E-state index in [-0.39, 0.29) is 11.9 Å². The highest BCUT2D eigenvalue weighted by Crippen LogP contribution is 2.37. The molecule has 138 valence electrons. The summed E-state index contributed by atoms with van der Waals surface area (Å²) in [4.78, 5) is 16.8. The SMILES string of the molecule is CN(Cc1ccsc1)C(=O)CN1CCCC1c1ccc2c(c1)OCCO2. The van der Waals surface area contributed by atoms with Gasteiger partial charge in [-0.3, -0.25) is 9.69 Å². The van der Waals surface area contributed by atoms with Crippen LogP contribution >= 0.6 is 11.3 Å². The quantitative estimate of drug-likeness (QED) is 0.808. The lowest BCUT2D eigenvalue weighted by Crippen LogP contribution is -2.37. The lowest BCUT2D eigenvalue weighted by atomic mass is 10.0. The van der Waals surface area contributed by atoms with Gasteiger partial charge in [0.1, 0.15) is 13.2 Å². The maximum atomic E-state index is 12.7. The standard InChI is InChI=1S/C20H24N2O3S/c1-21(12-15-6-10-26-14-15)20(23)13-22-7-2-3-17(22)16-4-5-18-19(11-16)25-9-8-24-18/h4-6,10-11,14,17H,2-3,7-9,12-13H2,1H3. The Morgan fingerprint density at radius 3 is 2.92 bits per heavy atom. The number of nitrogens with zero attached hydrogens (tertiary/aromatic N) is 2. The summed E-state index contributed by atoms with van der Waals surface area (Å²) in [5.74, 6) is 1.80. The van der Waals surface area contributed by atoms with Crippen molar-refractivity contribution in [1.82, 2.24) is 9.80 Å². The predicted octanol–water partition coefficient (Wildman–Crippen LogP) is 3.31. The zero-order chi connectivity index (χ0) is 17.9. The van der Waals surface area contributed by atoms with E-state index in [9.17, 15) is 4.79 Å². The first-order valence-corrected chi connectivity index (χ1v) is 10.0. The van der Waals surface area contributed by atoms with Crippen LogP contribution in [0.4, 0.5) is 0 Å². The molecule has 1 aromatic carbocycles. The monoisotopic (exact) mass is 372 g/mol. The molecule has 3 heterocycles. The first-order valence-electron chi connectivity index (χ1n) is 9.09. The molecule has 1 fully saturated rings. The maximum absolute atomic E-state index is 12.7. The summed E-state index contributed by atoms with van der Waals surface area (Å²) in [7, 11) is 1.88. The molecule has 1 amide bonds. The Bertz CT molecular complexity index is 762. The molecule has 2 aliphatic heterocycles. The Morgan fingerprint density at radius 1 is 1.27 bits per heavy atom. The van der Waals surface area contributed by atoms with E-state index in [1.54, 1.807) is 11.3 Å². The van der Waals surface area contributed by atoms with Crippen molar-refractivity contribution in [2.24, 2.45) is 0 Å². The summed E-state index contributed by atoms with van der Waals surface area (Å²) < 4.78 is 11.3. The summed E-state index contributed by atoms with van der Waals surface area (Å²) in [6.45, 7) is 3.28. The molecule has 2 aliphatic rings. The number of likely N-dealkylation sites (N-methyl/N-ethyl adjacent to an activating group) is 1. The van der Waals surface area contributed by atoms with Gasteiger partial charge in [0.15, 0.2) is 11.5 Å². The number of fused-ring (bicyclic) bond motifs is 1. The third-order valence-corrected chi connectivity index (χ3v) is 5.81. The molecule has 0 N–H and O–H groups in total. The average Bonchev–Trinajstić information content (AvgIpc) is 3.33. The van der Waals surface area contributed by atoms with Gasteiger partial charge in [-0.05, 0) is 59.5 Å². The highest BCUT2D eigenvalue weighted by Gasteiger charge is 2.29. The topological polar surface area (TPSA) is 42.0 Å². The highest BCUT2D eigenvalue weighted by molar-refractivity contribution is 7.07. The second kappa shape index (κ2) is 7.68. The number of rotatable bonds is 5. The number of carbonyl (C=O) groups is 1. The Kier molecular flexibility index (Phi) is 5.13. The largest absolute Gasteiger partial charge is 0.486 e. The van der Waals surface area contributed by atoms with Crippen molar-refractivity contribution < 1.29 is 14.3 Å². The second-order valence-corrected chi connectivity index (χ2v) is 7.69. The summed E-state index contributed by atoms with van der Waals surface area (Å²) >= 11 is 1.66. The minimum Gasteiger partial charge on any atom is -0.486 e. The van der Waals surface area contributed by atoms with Gasteiger partial charge in [0.2, 0.25) is 5.91 Å². The lowest BCUT2D eigenvalue weighted by molar-refractivity contribution is -0.131. The molecule has 1 unspecified atom stereocenters. The van der Waals surface area contributed by atoms with Crippen LogP contribution in [0.2, 0.25) is 0 Å². The fraction of sp³-hybridized carbons (Fsp3) is 0.450. The number of hydrogen-bond donors (Lipinski definition) is 0. The Labute approximate surface area is 158 Å². The van der Waals surface area contributed by atoms with Gasteiger partial charge in [0.05, 0.1) is 6.54 Å². The molecule has 1 saturated heterocycles. The smallest absolute Gasteiger partial charge is 0.236 e. The van der Waals surface area contributed by atoms with Crippen molar-refractivity contribution in [2.75, 3.05) is 33.4 Å². The van der Waals surface area contributed by atoms with Crippen LogP contribution in [0, 0.1) is 0 Å². The zero-order valence-electron chi connectivity index (χ0n) is 15.0. The Morgan fingerprint density at radius 2 is 2.12 bits per heavy atom. The molecule has 0 bridgehead atoms. The van der Waals surface area contributed by atoms with Gasteiger partial charge in [-0.1, -0.05) is 6.07 Å². The van der Waals surface area contributed by atoms with Crippen molar-refractivity contribution in [3.05, 3.63) is 46.2 Å². The minimum absolute atomic E-state index is 0.167. The molecule has 4 rings (SSSR count). The van der Waals surface area contributed by atoms with Crippen LogP contribution in [0.3, 0.4) is 0 Å². The van der Waals surface area contributed by atoms with Crippen molar-refractivity contribution in [1.29, 1.82) is 0 Å². The van der Waals surface area contributed by atoms with Gasteiger partial charge in [-0.2, -0.15) is 11.3 Å². The number of thiophene rings is 1. The molecule has 5 nitrogen and oxygen atoms in total. The number of amides is 1. The summed E-state index contributed by atoms with van der Waals surface area (Å²) in [5.41, 5.74) is 2.40. The summed E-state index contributed by atoms with van der Waals surface area (Å²) in [5, 5.41) is 4.14. The third kappa shape index (κ3) is 3.71. The summed E-state index contributed by atoms with van der Waals surface area (Å²) in [6, 6.07) is 8.52. The van der Waals surface area contributed by atoms with Crippen molar-refractivity contribution >= 4 is 17.2 Å². The third-order valence-electron chi connectivity index (χ3n) is 5.08. The van der Waals surface area contributed by atoms with Crippen LogP contribution in [-0.4, -0.2) is 49.1 Å². The summed E-state index contributed by atoms with van der Waals surface area (Å²) in [6.07, 6.45) is 2.18. The average molecular weight is 372 g/mol. The molecule has 1 aromatic heterocycles. The van der Waals surface area contributed by atoms with E-state index in [1.807, 2.05) is 23.4 Å². The minimum atomic E-state index is 0.167. The number of ether oxygens (including phenoxy) is 2. The van der Waals surface area contributed by atoms with E-state index in [0.717, 1.165) is 30.9 Å². The maximum Gasteiger partial charge on any atom is 0.236 e. The van der Waals surface area contributed by atoms with Gasteiger partial charge in [0, 0.05) is 19.6 Å². The normalized spacial score (nSPS) is 19.5. The molecule has 1 atom stereocenters. The zero-order valence-corrected chi connectivity index (χ0v) is 15.8. The lowest BCUT2D eigenvalue weighted by Gasteiger charge is -2.28. The molecular formula is C20H24N2O3S. The molecular weight excluding hydrogens is 348 g/mol. The van der Waals surface area contributed by atoms with E-state index in [0.29, 0.717) is 26.3 Å². The van der Waals surface area contributed by atoms with Crippen LogP contribution in [0.1, 0.15) is 30.0 Å². The van der Waals surface area contributed by atoms with Crippen molar-refractivity contribution in [3.8, 4) is 11.5 Å². The molecule has 26 heavy (non-hydrogen) atoms. The Balaban J connectivity index is 1.42. The van der Waals surface area contributed by atoms with Crippen LogP contribution in [-0.2, 0) is 11.3 Å². The van der Waals surface area contributed by atoms with Crippen LogP contribution in [0.5, 0.6) is 11.5 Å². The van der Waals surface area contributed by atoms with Gasteiger partial charge in [-0.25, -0.2) is 0 Å². The Hall–Kier alpha value is -2.05. The van der Waals surface area contributed by atoms with Crippen LogP contribution in [0.25, 0.3) is 0 Å². The van der Waals surface area contributed by atoms with E-state index in [4.69, 9.17) is 9.47 Å². The molecule has 0 aliphatic carbocycles. The number of carbonyl (C=O) groups excluding carboxylic acids is 1. The fourth-order valence-corrected chi connectivity index (χ4v) is 4.36. The molecule has 0 radical (unpaired) electrons. The fourth-order valence-electron chi connectivity index (χ4n) is 3.70. The van der Waals surface area contributed by atoms with Crippen LogP contribution < -0.4 is 9.47 Å². The van der Waals surface area contributed by atoms with Crippen LogP contribution in [0.15, 0.2) is 35.0 Å². The molecule has 2 aromatic rings. The van der Waals surface area contributed by atoms with E-state index >= 15 is 0 Å².